The molecule has 5 nitrogen and oxygen atoms in total. The van der Waals surface area contributed by atoms with Crippen molar-refractivity contribution in [2.75, 3.05) is 9.80 Å². The normalized spacial score (nSPS) is 11.4. The van der Waals surface area contributed by atoms with Gasteiger partial charge in [0.1, 0.15) is 11.3 Å². The molecule has 6 heteroatoms. The molecular formula is C55H37FN4O. The highest BCUT2D eigenvalue weighted by molar-refractivity contribution is 6.10. The quantitative estimate of drug-likeness (QED) is 0.146. The number of hydrogen-bond donors (Lipinski definition) is 0. The smallest absolute Gasteiger partial charge is 0.227 e. The fraction of sp³-hybridized carbons (Fsp3) is 0. The summed E-state index contributed by atoms with van der Waals surface area (Å²) in [6, 6.07) is 75.8. The first kappa shape index (κ1) is 35.9. The van der Waals surface area contributed by atoms with Crippen LogP contribution >= 0.6 is 0 Å². The van der Waals surface area contributed by atoms with Gasteiger partial charge in [0.05, 0.1) is 11.0 Å². The van der Waals surface area contributed by atoms with Gasteiger partial charge >= 0.3 is 0 Å². The summed E-state index contributed by atoms with van der Waals surface area (Å²) in [5, 5.41) is 2.39. The molecule has 0 radical (unpaired) electrons. The Kier molecular flexibility index (Phi) is 8.94. The minimum absolute atomic E-state index is 0.287. The molecule has 0 fully saturated rings. The van der Waals surface area contributed by atoms with E-state index >= 15 is 0 Å². The molecule has 0 bridgehead atoms. The summed E-state index contributed by atoms with van der Waals surface area (Å²) < 4.78 is 23.1. The molecule has 0 atom stereocenters. The molecule has 0 saturated carbocycles. The van der Waals surface area contributed by atoms with Crippen molar-refractivity contribution < 1.29 is 8.81 Å². The summed E-state index contributed by atoms with van der Waals surface area (Å²) in [7, 11) is 0. The number of aromatic nitrogens is 2. The third kappa shape index (κ3) is 6.66. The average Bonchev–Trinajstić information content (AvgIpc) is 3.90. The number of rotatable bonds is 9. The second-order valence-corrected chi connectivity index (χ2v) is 15.0. The van der Waals surface area contributed by atoms with E-state index in [4.69, 9.17) is 9.40 Å². The van der Waals surface area contributed by atoms with E-state index in [0.717, 1.165) is 67.5 Å². The van der Waals surface area contributed by atoms with Crippen LogP contribution in [-0.4, -0.2) is 9.55 Å². The Labute approximate surface area is 352 Å². The van der Waals surface area contributed by atoms with Crippen LogP contribution < -0.4 is 9.80 Å². The van der Waals surface area contributed by atoms with Crippen LogP contribution in [0.3, 0.4) is 0 Å². The van der Waals surface area contributed by atoms with Crippen LogP contribution in [0, 0.1) is 5.82 Å². The Balaban J connectivity index is 0.945. The zero-order valence-corrected chi connectivity index (χ0v) is 32.9. The van der Waals surface area contributed by atoms with E-state index in [1.54, 1.807) is 0 Å². The fourth-order valence-corrected chi connectivity index (χ4v) is 8.40. The summed E-state index contributed by atoms with van der Waals surface area (Å²) in [4.78, 5) is 9.24. The summed E-state index contributed by atoms with van der Waals surface area (Å²) in [5.41, 5.74) is 13.7. The number of fused-ring (bicyclic) bond motifs is 4. The lowest BCUT2D eigenvalue weighted by Gasteiger charge is -2.26. The molecule has 11 rings (SSSR count). The highest BCUT2D eigenvalue weighted by Gasteiger charge is 2.19. The number of halogens is 1. The van der Waals surface area contributed by atoms with E-state index in [1.165, 1.54) is 28.4 Å². The second-order valence-electron chi connectivity index (χ2n) is 15.0. The van der Waals surface area contributed by atoms with Crippen molar-refractivity contribution in [1.29, 1.82) is 0 Å². The van der Waals surface area contributed by atoms with Crippen molar-refractivity contribution in [3.05, 3.63) is 230 Å². The SMILES string of the molecule is Fc1ccc(N(c2ccc(-c3nc4ccc(N(c5ccccc5)c5ccccc5)cc4o3)cc2)c2cccc(-c3ccc4c(c3)c3ccccc3n4-c3ccccc3)c2)cc1. The Bertz CT molecular complexity index is 3270. The number of oxazole rings is 1. The van der Waals surface area contributed by atoms with Gasteiger partial charge in [-0.3, -0.25) is 0 Å². The number of para-hydroxylation sites is 4. The number of benzene rings is 9. The molecule has 0 amide bonds. The van der Waals surface area contributed by atoms with Crippen LogP contribution in [0.4, 0.5) is 38.5 Å². The monoisotopic (exact) mass is 788 g/mol. The maximum atomic E-state index is 14.3. The molecule has 290 valence electrons. The lowest BCUT2D eigenvalue weighted by atomic mass is 10.0. The van der Waals surface area contributed by atoms with Gasteiger partial charge in [0.2, 0.25) is 5.89 Å². The molecule has 9 aromatic carbocycles. The highest BCUT2D eigenvalue weighted by atomic mass is 19.1. The van der Waals surface area contributed by atoms with Crippen LogP contribution in [0.1, 0.15) is 0 Å². The van der Waals surface area contributed by atoms with Crippen LogP contribution in [0.15, 0.2) is 229 Å². The molecule has 2 aromatic heterocycles. The van der Waals surface area contributed by atoms with Gasteiger partial charge in [0.25, 0.3) is 0 Å². The van der Waals surface area contributed by atoms with E-state index in [0.29, 0.717) is 11.5 Å². The van der Waals surface area contributed by atoms with Gasteiger partial charge < -0.3 is 18.8 Å². The van der Waals surface area contributed by atoms with Crippen molar-refractivity contribution >= 4 is 67.0 Å². The molecule has 0 aliphatic heterocycles. The van der Waals surface area contributed by atoms with E-state index < -0.39 is 0 Å². The molecule has 0 saturated heterocycles. The predicted molar refractivity (Wildman–Crippen MR) is 249 cm³/mol. The van der Waals surface area contributed by atoms with Gasteiger partial charge in [-0.05, 0) is 139 Å². The maximum Gasteiger partial charge on any atom is 0.227 e. The van der Waals surface area contributed by atoms with Gasteiger partial charge in [-0.2, -0.15) is 0 Å². The first-order valence-electron chi connectivity index (χ1n) is 20.3. The molecule has 0 unspecified atom stereocenters. The molecule has 0 aliphatic carbocycles. The lowest BCUT2D eigenvalue weighted by molar-refractivity contribution is 0.620. The Morgan fingerprint density at radius 1 is 0.393 bits per heavy atom. The largest absolute Gasteiger partial charge is 0.436 e. The van der Waals surface area contributed by atoms with Crippen LogP contribution in [0.2, 0.25) is 0 Å². The molecule has 0 N–H and O–H groups in total. The topological polar surface area (TPSA) is 37.4 Å². The molecule has 0 aliphatic rings. The third-order valence-electron chi connectivity index (χ3n) is 11.2. The number of nitrogens with zero attached hydrogens (tertiary/aromatic N) is 4. The zero-order chi connectivity index (χ0) is 40.7. The minimum atomic E-state index is -0.287. The Hall–Kier alpha value is -8.22. The minimum Gasteiger partial charge on any atom is -0.436 e. The van der Waals surface area contributed by atoms with Crippen molar-refractivity contribution in [3.8, 4) is 28.3 Å². The number of hydrogen-bond acceptors (Lipinski definition) is 4. The lowest BCUT2D eigenvalue weighted by Crippen LogP contribution is -2.10. The van der Waals surface area contributed by atoms with Gasteiger partial charge in [0.15, 0.2) is 5.58 Å². The molecule has 2 heterocycles. The summed E-state index contributed by atoms with van der Waals surface area (Å²) >= 11 is 0. The first-order valence-corrected chi connectivity index (χ1v) is 20.3. The van der Waals surface area contributed by atoms with Crippen molar-refractivity contribution in [2.45, 2.75) is 0 Å². The Morgan fingerprint density at radius 3 is 1.62 bits per heavy atom. The van der Waals surface area contributed by atoms with E-state index in [-0.39, 0.29) is 5.82 Å². The summed E-state index contributed by atoms with van der Waals surface area (Å²) in [5.74, 6) is 0.245. The predicted octanol–water partition coefficient (Wildman–Crippen LogP) is 15.3. The standard InChI is InChI=1S/C55H37FN4O/c56-41-26-30-46(31-27-41)59(47-20-12-13-39(35-47)40-25-34-53-50(36-40)49-21-10-11-22-52(49)60(53)44-18-8-3-9-19-44)45-28-23-38(24-29-45)55-57-51-33-32-48(37-54(51)61-55)58(42-14-4-1-5-15-42)43-16-6-2-7-17-43/h1-37H. The number of anilines is 6. The molecular weight excluding hydrogens is 752 g/mol. The van der Waals surface area contributed by atoms with Crippen molar-refractivity contribution in [2.24, 2.45) is 0 Å². The van der Waals surface area contributed by atoms with Crippen LogP contribution in [-0.2, 0) is 0 Å². The van der Waals surface area contributed by atoms with Gasteiger partial charge in [-0.1, -0.05) is 91.0 Å². The van der Waals surface area contributed by atoms with E-state index in [1.807, 2.05) is 78.9 Å². The zero-order valence-electron chi connectivity index (χ0n) is 32.9. The van der Waals surface area contributed by atoms with Crippen LogP contribution in [0.5, 0.6) is 0 Å². The fourth-order valence-electron chi connectivity index (χ4n) is 8.40. The van der Waals surface area contributed by atoms with Crippen molar-refractivity contribution in [1.82, 2.24) is 9.55 Å². The Morgan fingerprint density at radius 2 is 0.918 bits per heavy atom. The van der Waals surface area contributed by atoms with Crippen LogP contribution in [0.25, 0.3) is 61.2 Å². The van der Waals surface area contributed by atoms with Gasteiger partial charge in [0, 0.05) is 62.2 Å². The second kappa shape index (κ2) is 15.2. The van der Waals surface area contributed by atoms with Gasteiger partial charge in [-0.25, -0.2) is 9.37 Å². The average molecular weight is 789 g/mol. The summed E-state index contributed by atoms with van der Waals surface area (Å²) in [6.45, 7) is 0. The molecule has 11 aromatic rings. The van der Waals surface area contributed by atoms with E-state index in [9.17, 15) is 4.39 Å². The first-order chi connectivity index (χ1) is 30.1. The summed E-state index contributed by atoms with van der Waals surface area (Å²) in [6.07, 6.45) is 0. The van der Waals surface area contributed by atoms with Gasteiger partial charge in [-0.15, -0.1) is 0 Å². The van der Waals surface area contributed by atoms with Crippen molar-refractivity contribution in [3.63, 3.8) is 0 Å². The molecule has 61 heavy (non-hydrogen) atoms. The molecule has 0 spiro atoms. The third-order valence-corrected chi connectivity index (χ3v) is 11.2. The maximum absolute atomic E-state index is 14.3. The van der Waals surface area contributed by atoms with E-state index in [2.05, 4.69) is 148 Å². The highest BCUT2D eigenvalue weighted by Crippen LogP contribution is 2.41.